The fourth-order valence-electron chi connectivity index (χ4n) is 4.27. The van der Waals surface area contributed by atoms with Gasteiger partial charge in [0.1, 0.15) is 35.7 Å². The number of carbonyl (C=O) groups excluding carboxylic acids is 1. The molecule has 0 unspecified atom stereocenters. The lowest BCUT2D eigenvalue weighted by Gasteiger charge is -2.42. The first-order valence-corrected chi connectivity index (χ1v) is 10.6. The minimum Gasteiger partial charge on any atom is -0.335 e. The molecule has 0 atom stereocenters. The van der Waals surface area contributed by atoms with Crippen molar-refractivity contribution in [3.63, 3.8) is 0 Å². The molecule has 2 aliphatic rings. The van der Waals surface area contributed by atoms with E-state index in [9.17, 15) is 18.4 Å². The van der Waals surface area contributed by atoms with E-state index in [4.69, 9.17) is 18.0 Å². The van der Waals surface area contributed by atoms with Crippen LogP contribution in [0, 0.1) is 18.2 Å². The van der Waals surface area contributed by atoms with Crippen LogP contribution >= 0.6 is 11.6 Å². The van der Waals surface area contributed by atoms with Crippen LogP contribution in [-0.4, -0.2) is 43.7 Å². The number of halogens is 3. The second-order valence-corrected chi connectivity index (χ2v) is 9.04. The van der Waals surface area contributed by atoms with Gasteiger partial charge in [0.05, 0.1) is 23.5 Å². The molecule has 3 aromatic rings. The van der Waals surface area contributed by atoms with Gasteiger partial charge in [-0.3, -0.25) is 14.2 Å². The first-order valence-electron chi connectivity index (χ1n) is 10.2. The zero-order chi connectivity index (χ0) is 22.8. The molecular formula is C23H19ClF2N4O2. The Balaban J connectivity index is 1.67. The van der Waals surface area contributed by atoms with Crippen LogP contribution in [0.5, 0.6) is 0 Å². The van der Waals surface area contributed by atoms with Crippen LogP contribution in [0.2, 0.25) is 5.02 Å². The molecule has 1 aliphatic carbocycles. The lowest BCUT2D eigenvalue weighted by atomic mass is 9.99. The van der Waals surface area contributed by atoms with E-state index in [-0.39, 0.29) is 42.0 Å². The molecule has 2 aromatic heterocycles. The highest BCUT2D eigenvalue weighted by molar-refractivity contribution is 6.31. The van der Waals surface area contributed by atoms with E-state index >= 15 is 0 Å². The van der Waals surface area contributed by atoms with Crippen molar-refractivity contribution >= 4 is 28.5 Å². The number of nitrogens with zero attached hydrogens (tertiary/aromatic N) is 4. The molecule has 32 heavy (non-hydrogen) atoms. The number of hydrogen-bond acceptors (Lipinski definition) is 3. The first-order chi connectivity index (χ1) is 15.2. The third-order valence-electron chi connectivity index (χ3n) is 5.93. The molecule has 1 amide bonds. The van der Waals surface area contributed by atoms with Crippen LogP contribution in [0.25, 0.3) is 22.2 Å². The van der Waals surface area contributed by atoms with E-state index in [2.05, 4.69) is 10.9 Å². The number of terminal acetylenes is 1. The van der Waals surface area contributed by atoms with Crippen molar-refractivity contribution in [1.82, 2.24) is 19.0 Å². The van der Waals surface area contributed by atoms with E-state index in [0.29, 0.717) is 22.5 Å². The average Bonchev–Trinajstić information content (AvgIpc) is 3.51. The van der Waals surface area contributed by atoms with E-state index in [1.54, 1.807) is 0 Å². The summed E-state index contributed by atoms with van der Waals surface area (Å²) < 4.78 is 30.6. The largest absolute Gasteiger partial charge is 0.335 e. The second-order valence-electron chi connectivity index (χ2n) is 8.64. The second kappa shape index (κ2) is 7.17. The normalized spacial score (nSPS) is 17.3. The van der Waals surface area contributed by atoms with E-state index < -0.39 is 17.0 Å². The highest BCUT2D eigenvalue weighted by Crippen LogP contribution is 2.43. The predicted octanol–water partition coefficient (Wildman–Crippen LogP) is 3.54. The molecule has 6 nitrogen and oxygen atoms in total. The van der Waals surface area contributed by atoms with Crippen molar-refractivity contribution in [3.8, 4) is 23.5 Å². The highest BCUT2D eigenvalue weighted by atomic mass is 35.5. The summed E-state index contributed by atoms with van der Waals surface area (Å²) in [4.78, 5) is 31.8. The van der Waals surface area contributed by atoms with Gasteiger partial charge in [-0.15, -0.1) is 6.42 Å². The fraction of sp³-hybridized carbons (Fsp3) is 0.348. The maximum atomic E-state index is 13.8. The molecule has 1 aromatic carbocycles. The number of rotatable bonds is 4. The predicted molar refractivity (Wildman–Crippen MR) is 117 cm³/mol. The monoisotopic (exact) mass is 456 g/mol. The Kier molecular flexibility index (Phi) is 4.64. The van der Waals surface area contributed by atoms with Crippen LogP contribution in [0.15, 0.2) is 29.3 Å². The number of likely N-dealkylation sites (tertiary alicyclic amines) is 1. The van der Waals surface area contributed by atoms with E-state index in [1.165, 1.54) is 40.9 Å². The Hall–Kier alpha value is -3.18. The minimum absolute atomic E-state index is 0.00508. The van der Waals surface area contributed by atoms with Crippen molar-refractivity contribution in [2.45, 2.75) is 38.0 Å². The average molecular weight is 457 g/mol. The number of benzene rings is 1. The summed E-state index contributed by atoms with van der Waals surface area (Å²) in [6.45, 7) is 1.16. The summed E-state index contributed by atoms with van der Waals surface area (Å²) in [7, 11) is 0. The van der Waals surface area contributed by atoms with Crippen LogP contribution in [0.4, 0.5) is 8.78 Å². The van der Waals surface area contributed by atoms with Crippen LogP contribution in [-0.2, 0) is 11.3 Å². The van der Waals surface area contributed by atoms with Crippen molar-refractivity contribution < 1.29 is 13.6 Å². The molecule has 0 spiro atoms. The molecule has 1 saturated heterocycles. The zero-order valence-electron chi connectivity index (χ0n) is 17.2. The van der Waals surface area contributed by atoms with Crippen molar-refractivity contribution in [2.24, 2.45) is 0 Å². The van der Waals surface area contributed by atoms with E-state index in [1.807, 2.05) is 4.57 Å². The van der Waals surface area contributed by atoms with Crippen LogP contribution in [0.3, 0.4) is 0 Å². The van der Waals surface area contributed by atoms with Gasteiger partial charge in [0.2, 0.25) is 5.91 Å². The van der Waals surface area contributed by atoms with Gasteiger partial charge in [0.15, 0.2) is 0 Å². The molecule has 3 heterocycles. The van der Waals surface area contributed by atoms with Crippen LogP contribution in [0.1, 0.15) is 31.5 Å². The molecule has 5 rings (SSSR count). The molecular weight excluding hydrogens is 438 g/mol. The Morgan fingerprint density at radius 2 is 2.09 bits per heavy atom. The maximum Gasteiger partial charge on any atom is 0.263 e. The Morgan fingerprint density at radius 3 is 2.69 bits per heavy atom. The summed E-state index contributed by atoms with van der Waals surface area (Å²) in [5.41, 5.74) is -0.0254. The standard InChI is InChI=1S/C23H19ClF2N4O2/c1-3-17-19(13-4-7-16(25)15(24)8-13)20-21(30(17)14-5-6-14)27-12-28(22(20)32)9-18(31)29-10-23(2,26)11-29/h1,4,7-8,12,14H,5-6,9-11H2,2H3. The molecule has 1 saturated carbocycles. The Labute approximate surface area is 187 Å². The van der Waals surface area contributed by atoms with Crippen LogP contribution < -0.4 is 5.56 Å². The molecule has 0 N–H and O–H groups in total. The molecule has 164 valence electrons. The summed E-state index contributed by atoms with van der Waals surface area (Å²) in [5.74, 6) is 1.71. The van der Waals surface area contributed by atoms with Gasteiger partial charge in [-0.2, -0.15) is 0 Å². The number of carbonyl (C=O) groups is 1. The number of alkyl halides is 1. The van der Waals surface area contributed by atoms with Gasteiger partial charge < -0.3 is 9.47 Å². The third-order valence-corrected chi connectivity index (χ3v) is 6.22. The van der Waals surface area contributed by atoms with E-state index in [0.717, 1.165) is 12.8 Å². The SMILES string of the molecule is C#Cc1c(-c2ccc(F)c(Cl)c2)c2c(=O)n(CC(=O)N3CC(C)(F)C3)cnc2n1C1CC1. The Morgan fingerprint density at radius 1 is 1.38 bits per heavy atom. The third kappa shape index (κ3) is 3.28. The van der Waals surface area contributed by atoms with Gasteiger partial charge in [-0.1, -0.05) is 23.6 Å². The number of hydrogen-bond donors (Lipinski definition) is 0. The lowest BCUT2D eigenvalue weighted by Crippen LogP contribution is -2.60. The summed E-state index contributed by atoms with van der Waals surface area (Å²) in [6, 6.07) is 4.28. The number of aromatic nitrogens is 3. The molecule has 0 radical (unpaired) electrons. The first kappa shape index (κ1) is 20.7. The van der Waals surface area contributed by atoms with Crippen molar-refractivity contribution in [2.75, 3.05) is 13.1 Å². The molecule has 1 aliphatic heterocycles. The lowest BCUT2D eigenvalue weighted by molar-refractivity contribution is -0.144. The zero-order valence-corrected chi connectivity index (χ0v) is 18.0. The fourth-order valence-corrected chi connectivity index (χ4v) is 4.45. The molecule has 2 fully saturated rings. The maximum absolute atomic E-state index is 13.8. The van der Waals surface area contributed by atoms with Gasteiger partial charge in [0.25, 0.3) is 5.56 Å². The molecule has 9 heteroatoms. The van der Waals surface area contributed by atoms with Gasteiger partial charge in [-0.05, 0) is 37.5 Å². The minimum atomic E-state index is -1.40. The molecule has 0 bridgehead atoms. The van der Waals surface area contributed by atoms with Gasteiger partial charge in [-0.25, -0.2) is 13.8 Å². The summed E-state index contributed by atoms with van der Waals surface area (Å²) in [6.07, 6.45) is 8.96. The number of amides is 1. The smallest absolute Gasteiger partial charge is 0.263 e. The quantitative estimate of drug-likeness (QED) is 0.564. The number of fused-ring (bicyclic) bond motifs is 1. The van der Waals surface area contributed by atoms with Gasteiger partial charge in [0, 0.05) is 11.6 Å². The summed E-state index contributed by atoms with van der Waals surface area (Å²) in [5, 5.41) is 0.158. The summed E-state index contributed by atoms with van der Waals surface area (Å²) >= 11 is 6.00. The topological polar surface area (TPSA) is 60.1 Å². The van der Waals surface area contributed by atoms with Gasteiger partial charge >= 0.3 is 0 Å². The van der Waals surface area contributed by atoms with Crippen molar-refractivity contribution in [1.29, 1.82) is 0 Å². The highest BCUT2D eigenvalue weighted by Gasteiger charge is 2.41. The Bertz CT molecular complexity index is 1370. The van der Waals surface area contributed by atoms with Crippen molar-refractivity contribution in [3.05, 3.63) is 51.4 Å².